The summed E-state index contributed by atoms with van der Waals surface area (Å²) < 4.78 is 13.4. The molecule has 2 fully saturated rings. The van der Waals surface area contributed by atoms with E-state index < -0.39 is 0 Å². The van der Waals surface area contributed by atoms with Crippen LogP contribution in [-0.4, -0.2) is 30.5 Å². The lowest BCUT2D eigenvalue weighted by atomic mass is 9.96. The number of guanidine groups is 1. The Kier molecular flexibility index (Phi) is 4.13. The van der Waals surface area contributed by atoms with Crippen molar-refractivity contribution in [3.05, 3.63) is 35.6 Å². The van der Waals surface area contributed by atoms with E-state index in [1.54, 1.807) is 12.1 Å². The van der Waals surface area contributed by atoms with E-state index in [1.165, 1.54) is 31.7 Å². The first-order valence-electron chi connectivity index (χ1n) is 8.01. The van der Waals surface area contributed by atoms with Gasteiger partial charge in [0.1, 0.15) is 5.82 Å². The average molecular weight is 289 g/mol. The van der Waals surface area contributed by atoms with Crippen LogP contribution in [0.2, 0.25) is 0 Å². The van der Waals surface area contributed by atoms with Crippen LogP contribution in [0.15, 0.2) is 29.3 Å². The normalized spacial score (nSPS) is 22.0. The van der Waals surface area contributed by atoms with Crippen molar-refractivity contribution in [3.63, 3.8) is 0 Å². The van der Waals surface area contributed by atoms with E-state index in [9.17, 15) is 4.39 Å². The highest BCUT2D eigenvalue weighted by molar-refractivity contribution is 5.78. The highest BCUT2D eigenvalue weighted by atomic mass is 19.1. The molecule has 0 unspecified atom stereocenters. The lowest BCUT2D eigenvalue weighted by Crippen LogP contribution is -2.38. The summed E-state index contributed by atoms with van der Waals surface area (Å²) in [6, 6.07) is 6.93. The van der Waals surface area contributed by atoms with Gasteiger partial charge >= 0.3 is 0 Å². The van der Waals surface area contributed by atoms with E-state index in [0.29, 0.717) is 12.5 Å². The molecule has 1 aromatic carbocycles. The summed E-state index contributed by atoms with van der Waals surface area (Å²) in [5.74, 6) is 0.503. The number of nitrogens with zero attached hydrogens (tertiary/aromatic N) is 2. The zero-order chi connectivity index (χ0) is 14.7. The molecule has 1 heterocycles. The zero-order valence-corrected chi connectivity index (χ0v) is 12.5. The molecule has 0 spiro atoms. The lowest BCUT2D eigenvalue weighted by Gasteiger charge is -2.22. The molecule has 1 aromatic rings. The molecular weight excluding hydrogens is 265 g/mol. The standard InChI is InChI=1S/C17H24FN3/c18-15-7-5-6-14(12-15)17(8-9-17)13-20-16(19)21-10-3-1-2-4-11-21/h5-7,12H,1-4,8-11,13H2,(H2,19,20). The molecule has 0 radical (unpaired) electrons. The lowest BCUT2D eigenvalue weighted by molar-refractivity contribution is 0.427. The van der Waals surface area contributed by atoms with Gasteiger partial charge in [-0.15, -0.1) is 0 Å². The summed E-state index contributed by atoms with van der Waals surface area (Å²) in [6.45, 7) is 2.71. The first-order chi connectivity index (χ1) is 10.2. The van der Waals surface area contributed by atoms with Crippen molar-refractivity contribution >= 4 is 5.96 Å². The van der Waals surface area contributed by atoms with E-state index in [1.807, 2.05) is 6.07 Å². The predicted molar refractivity (Wildman–Crippen MR) is 83.8 cm³/mol. The van der Waals surface area contributed by atoms with Crippen LogP contribution < -0.4 is 5.73 Å². The third-order valence-corrected chi connectivity index (χ3v) is 4.76. The number of halogens is 1. The third kappa shape index (κ3) is 3.36. The van der Waals surface area contributed by atoms with Crippen molar-refractivity contribution in [1.29, 1.82) is 0 Å². The highest BCUT2D eigenvalue weighted by Crippen LogP contribution is 2.48. The van der Waals surface area contributed by atoms with Crippen LogP contribution in [0.5, 0.6) is 0 Å². The smallest absolute Gasteiger partial charge is 0.191 e. The first-order valence-corrected chi connectivity index (χ1v) is 8.01. The molecule has 1 aliphatic carbocycles. The third-order valence-electron chi connectivity index (χ3n) is 4.76. The van der Waals surface area contributed by atoms with Crippen molar-refractivity contribution < 1.29 is 4.39 Å². The Labute approximate surface area is 126 Å². The molecule has 3 rings (SSSR count). The quantitative estimate of drug-likeness (QED) is 0.686. The van der Waals surface area contributed by atoms with Crippen LogP contribution in [0.25, 0.3) is 0 Å². The van der Waals surface area contributed by atoms with Gasteiger partial charge in [0.2, 0.25) is 0 Å². The van der Waals surface area contributed by atoms with Gasteiger partial charge in [0.05, 0.1) is 6.54 Å². The molecule has 114 valence electrons. The summed E-state index contributed by atoms with van der Waals surface area (Å²) in [5, 5.41) is 0. The Morgan fingerprint density at radius 1 is 1.19 bits per heavy atom. The number of benzene rings is 1. The Hall–Kier alpha value is -1.58. The summed E-state index contributed by atoms with van der Waals surface area (Å²) >= 11 is 0. The fraction of sp³-hybridized carbons (Fsp3) is 0.588. The molecule has 21 heavy (non-hydrogen) atoms. The van der Waals surface area contributed by atoms with E-state index in [2.05, 4.69) is 9.89 Å². The van der Waals surface area contributed by atoms with E-state index in [0.717, 1.165) is 31.5 Å². The van der Waals surface area contributed by atoms with Gasteiger partial charge in [0, 0.05) is 18.5 Å². The molecule has 1 saturated heterocycles. The number of nitrogens with two attached hydrogens (primary N) is 1. The molecule has 2 aliphatic rings. The predicted octanol–water partition coefficient (Wildman–Crippen LogP) is 3.05. The van der Waals surface area contributed by atoms with Gasteiger partial charge in [-0.05, 0) is 43.4 Å². The SMILES string of the molecule is NC(=NCC1(c2cccc(F)c2)CC1)N1CCCCCC1. The molecular formula is C17H24FN3. The molecule has 0 aromatic heterocycles. The Bertz CT molecular complexity index is 515. The molecule has 3 nitrogen and oxygen atoms in total. The highest BCUT2D eigenvalue weighted by Gasteiger charge is 2.44. The monoisotopic (exact) mass is 289 g/mol. The maximum Gasteiger partial charge on any atom is 0.191 e. The van der Waals surface area contributed by atoms with Gasteiger partial charge in [-0.3, -0.25) is 4.99 Å². The average Bonchev–Trinajstić information content (AvgIpc) is 3.30. The number of hydrogen-bond donors (Lipinski definition) is 1. The van der Waals surface area contributed by atoms with Crippen molar-refractivity contribution in [2.75, 3.05) is 19.6 Å². The van der Waals surface area contributed by atoms with Crippen LogP contribution in [-0.2, 0) is 5.41 Å². The summed E-state index contributed by atoms with van der Waals surface area (Å²) in [5.41, 5.74) is 7.25. The Balaban J connectivity index is 1.67. The number of aliphatic imine (C=N–C) groups is 1. The van der Waals surface area contributed by atoms with Crippen LogP contribution >= 0.6 is 0 Å². The first kappa shape index (κ1) is 14.4. The minimum Gasteiger partial charge on any atom is -0.370 e. The maximum absolute atomic E-state index is 13.4. The number of likely N-dealkylation sites (tertiary alicyclic amines) is 1. The largest absolute Gasteiger partial charge is 0.370 e. The van der Waals surface area contributed by atoms with Crippen LogP contribution in [0.4, 0.5) is 4.39 Å². The molecule has 1 aliphatic heterocycles. The van der Waals surface area contributed by atoms with Gasteiger partial charge in [-0.25, -0.2) is 4.39 Å². The summed E-state index contributed by atoms with van der Waals surface area (Å²) in [7, 11) is 0. The van der Waals surface area contributed by atoms with E-state index in [-0.39, 0.29) is 11.2 Å². The number of hydrogen-bond acceptors (Lipinski definition) is 1. The van der Waals surface area contributed by atoms with Gasteiger partial charge in [0.25, 0.3) is 0 Å². The second-order valence-electron chi connectivity index (χ2n) is 6.37. The fourth-order valence-corrected chi connectivity index (χ4v) is 3.14. The Morgan fingerprint density at radius 2 is 1.90 bits per heavy atom. The van der Waals surface area contributed by atoms with Crippen molar-refractivity contribution in [3.8, 4) is 0 Å². The number of rotatable bonds is 3. The topological polar surface area (TPSA) is 41.6 Å². The summed E-state index contributed by atoms with van der Waals surface area (Å²) in [4.78, 5) is 6.83. The van der Waals surface area contributed by atoms with Crippen molar-refractivity contribution in [2.45, 2.75) is 43.9 Å². The Morgan fingerprint density at radius 3 is 2.52 bits per heavy atom. The molecule has 0 atom stereocenters. The minimum atomic E-state index is -0.164. The van der Waals surface area contributed by atoms with E-state index in [4.69, 9.17) is 5.73 Å². The van der Waals surface area contributed by atoms with Gasteiger partial charge in [-0.1, -0.05) is 25.0 Å². The van der Waals surface area contributed by atoms with Crippen molar-refractivity contribution in [2.24, 2.45) is 10.7 Å². The molecule has 2 N–H and O–H groups in total. The molecule has 4 heteroatoms. The van der Waals surface area contributed by atoms with Gasteiger partial charge in [0.15, 0.2) is 5.96 Å². The fourth-order valence-electron chi connectivity index (χ4n) is 3.14. The second-order valence-corrected chi connectivity index (χ2v) is 6.37. The molecule has 0 amide bonds. The maximum atomic E-state index is 13.4. The second kappa shape index (κ2) is 6.04. The zero-order valence-electron chi connectivity index (χ0n) is 12.5. The molecule has 0 bridgehead atoms. The van der Waals surface area contributed by atoms with Gasteiger partial charge < -0.3 is 10.6 Å². The molecule has 1 saturated carbocycles. The minimum absolute atomic E-state index is 0.0264. The van der Waals surface area contributed by atoms with Crippen LogP contribution in [0, 0.1) is 5.82 Å². The van der Waals surface area contributed by atoms with Gasteiger partial charge in [-0.2, -0.15) is 0 Å². The van der Waals surface area contributed by atoms with Crippen LogP contribution in [0.1, 0.15) is 44.1 Å². The summed E-state index contributed by atoms with van der Waals surface area (Å²) in [6.07, 6.45) is 7.13. The van der Waals surface area contributed by atoms with Crippen molar-refractivity contribution in [1.82, 2.24) is 4.90 Å². The van der Waals surface area contributed by atoms with Crippen LogP contribution in [0.3, 0.4) is 0 Å². The van der Waals surface area contributed by atoms with E-state index >= 15 is 0 Å².